The van der Waals surface area contributed by atoms with Crippen LogP contribution in [-0.4, -0.2) is 25.2 Å². The van der Waals surface area contributed by atoms with Crippen LogP contribution in [0.25, 0.3) is 0 Å². The van der Waals surface area contributed by atoms with Crippen molar-refractivity contribution >= 4 is 25.2 Å². The molecular weight excluding hydrogens is 296 g/mol. The summed E-state index contributed by atoms with van der Waals surface area (Å²) in [6.07, 6.45) is 8.74. The third-order valence-corrected chi connectivity index (χ3v) is 11.6. The summed E-state index contributed by atoms with van der Waals surface area (Å²) in [5.41, 5.74) is 2.29. The van der Waals surface area contributed by atoms with Gasteiger partial charge in [0.15, 0.2) is 16.6 Å². The average Bonchev–Trinajstić information content (AvgIpc) is 2.17. The third-order valence-electron chi connectivity index (χ3n) is 2.66. The summed E-state index contributed by atoms with van der Waals surface area (Å²) in [7, 11) is -5.28. The van der Waals surface area contributed by atoms with Gasteiger partial charge in [0.1, 0.15) is 0 Å². The highest BCUT2D eigenvalue weighted by atomic mass is 28.5. The first kappa shape index (κ1) is 20.3. The molecule has 120 valence electrons. The van der Waals surface area contributed by atoms with E-state index in [1.807, 2.05) is 0 Å². The molecule has 0 aromatic heterocycles. The maximum atomic E-state index is 6.43. The molecule has 0 saturated carbocycles. The Kier molecular flexibility index (Phi) is 8.82. The Bertz CT molecular complexity index is 274. The maximum absolute atomic E-state index is 6.43. The van der Waals surface area contributed by atoms with Gasteiger partial charge < -0.3 is 8.23 Å². The highest BCUT2D eigenvalue weighted by Crippen LogP contribution is 2.22. The molecule has 0 amide bonds. The molecule has 0 aliphatic carbocycles. The highest BCUT2D eigenvalue weighted by molar-refractivity contribution is 6.89. The zero-order valence-corrected chi connectivity index (χ0v) is 18.0. The number of rotatable bonds is 10. The van der Waals surface area contributed by atoms with E-state index >= 15 is 0 Å². The summed E-state index contributed by atoms with van der Waals surface area (Å²) >= 11 is 0. The van der Waals surface area contributed by atoms with E-state index in [9.17, 15) is 0 Å². The minimum absolute atomic E-state index is 1.16. The number of allylic oxidation sites excluding steroid dienone is 1. The van der Waals surface area contributed by atoms with E-state index in [4.69, 9.17) is 8.23 Å². The quantitative estimate of drug-likeness (QED) is 0.370. The SMILES string of the molecule is CCCCCC/C=C/[Si](C)(O[Si](C)(C)C)O[Si](C)(C)C. The van der Waals surface area contributed by atoms with Gasteiger partial charge in [-0.05, 0) is 64.4 Å². The molecule has 0 N–H and O–H groups in total. The number of hydrogen-bond donors (Lipinski definition) is 0. The standard InChI is InChI=1S/C15H36O2Si3/c1-9-10-11-12-13-14-15-20(8,16-18(2,3)4)17-19(5,6)7/h14-15H,9-13H2,1-8H3/b15-14+. The first-order valence-corrected chi connectivity index (χ1v) is 17.3. The molecule has 0 atom stereocenters. The van der Waals surface area contributed by atoms with Crippen molar-refractivity contribution in [3.63, 3.8) is 0 Å². The number of unbranched alkanes of at least 4 members (excludes halogenated alkanes) is 4. The minimum Gasteiger partial charge on any atom is -0.434 e. The molecule has 0 spiro atoms. The molecule has 5 heteroatoms. The second kappa shape index (κ2) is 8.68. The monoisotopic (exact) mass is 332 g/mol. The van der Waals surface area contributed by atoms with Crippen LogP contribution < -0.4 is 0 Å². The molecule has 0 aliphatic heterocycles. The Hall–Kier alpha value is 0.311. The molecular formula is C15H36O2Si3. The van der Waals surface area contributed by atoms with Crippen LogP contribution in [0.1, 0.15) is 39.0 Å². The van der Waals surface area contributed by atoms with Gasteiger partial charge in [-0.3, -0.25) is 0 Å². The normalized spacial score (nSPS) is 14.2. The van der Waals surface area contributed by atoms with Crippen molar-refractivity contribution in [1.82, 2.24) is 0 Å². The van der Waals surface area contributed by atoms with E-state index in [-0.39, 0.29) is 0 Å². The molecule has 20 heavy (non-hydrogen) atoms. The van der Waals surface area contributed by atoms with Crippen molar-refractivity contribution in [1.29, 1.82) is 0 Å². The fraction of sp³-hybridized carbons (Fsp3) is 0.867. The lowest BCUT2D eigenvalue weighted by molar-refractivity contribution is 0.402. The minimum atomic E-state index is -2.15. The van der Waals surface area contributed by atoms with Crippen LogP contribution in [0.4, 0.5) is 0 Å². The van der Waals surface area contributed by atoms with E-state index in [0.29, 0.717) is 0 Å². The van der Waals surface area contributed by atoms with Crippen LogP contribution in [-0.2, 0) is 8.23 Å². The predicted molar refractivity (Wildman–Crippen MR) is 98.4 cm³/mol. The lowest BCUT2D eigenvalue weighted by atomic mass is 10.2. The average molecular weight is 333 g/mol. The third kappa shape index (κ3) is 12.1. The Morgan fingerprint density at radius 1 is 0.750 bits per heavy atom. The van der Waals surface area contributed by atoms with Crippen molar-refractivity contribution in [2.45, 2.75) is 84.9 Å². The lowest BCUT2D eigenvalue weighted by Gasteiger charge is -2.36. The lowest BCUT2D eigenvalue weighted by Crippen LogP contribution is -2.51. The summed E-state index contributed by atoms with van der Waals surface area (Å²) in [5.74, 6) is 0. The van der Waals surface area contributed by atoms with Crippen LogP contribution in [0.2, 0.25) is 45.8 Å². The van der Waals surface area contributed by atoms with Crippen LogP contribution in [0, 0.1) is 0 Å². The Labute approximate surface area is 130 Å². The van der Waals surface area contributed by atoms with E-state index in [1.165, 1.54) is 25.7 Å². The molecule has 0 aromatic rings. The maximum Gasteiger partial charge on any atom is 0.340 e. The fourth-order valence-electron chi connectivity index (χ4n) is 2.29. The van der Waals surface area contributed by atoms with Crippen molar-refractivity contribution in [3.05, 3.63) is 11.8 Å². The second-order valence-corrected chi connectivity index (χ2v) is 20.1. The molecule has 2 nitrogen and oxygen atoms in total. The Morgan fingerprint density at radius 3 is 1.65 bits per heavy atom. The van der Waals surface area contributed by atoms with Gasteiger partial charge in [-0.2, -0.15) is 0 Å². The number of hydrogen-bond acceptors (Lipinski definition) is 2. The van der Waals surface area contributed by atoms with Gasteiger partial charge in [0.25, 0.3) is 0 Å². The Balaban J connectivity index is 4.57. The van der Waals surface area contributed by atoms with Crippen molar-refractivity contribution < 1.29 is 8.23 Å². The Morgan fingerprint density at radius 2 is 1.25 bits per heavy atom. The van der Waals surface area contributed by atoms with Crippen LogP contribution in [0.5, 0.6) is 0 Å². The van der Waals surface area contributed by atoms with Gasteiger partial charge in [-0.25, -0.2) is 0 Å². The van der Waals surface area contributed by atoms with Crippen molar-refractivity contribution in [2.24, 2.45) is 0 Å². The van der Waals surface area contributed by atoms with E-state index < -0.39 is 25.2 Å². The molecule has 0 heterocycles. The molecule has 0 radical (unpaired) electrons. The second-order valence-electron chi connectivity index (χ2n) is 7.70. The van der Waals surface area contributed by atoms with E-state index in [1.54, 1.807) is 0 Å². The molecule has 0 unspecified atom stereocenters. The molecule has 0 rings (SSSR count). The van der Waals surface area contributed by atoms with Gasteiger partial charge in [-0.1, -0.05) is 32.3 Å². The van der Waals surface area contributed by atoms with Crippen molar-refractivity contribution in [3.8, 4) is 0 Å². The zero-order valence-electron chi connectivity index (χ0n) is 15.0. The van der Waals surface area contributed by atoms with Crippen LogP contribution in [0.3, 0.4) is 0 Å². The van der Waals surface area contributed by atoms with Gasteiger partial charge in [-0.15, -0.1) is 0 Å². The summed E-state index contributed by atoms with van der Waals surface area (Å²) in [4.78, 5) is 0. The summed E-state index contributed by atoms with van der Waals surface area (Å²) in [5, 5.41) is 0. The topological polar surface area (TPSA) is 18.5 Å². The van der Waals surface area contributed by atoms with Crippen LogP contribution in [0.15, 0.2) is 11.8 Å². The van der Waals surface area contributed by atoms with Gasteiger partial charge in [0.2, 0.25) is 0 Å². The summed E-state index contributed by atoms with van der Waals surface area (Å²) < 4.78 is 12.9. The molecule has 0 aliphatic rings. The zero-order chi connectivity index (χ0) is 15.9. The van der Waals surface area contributed by atoms with Gasteiger partial charge >= 0.3 is 8.56 Å². The van der Waals surface area contributed by atoms with Crippen molar-refractivity contribution in [2.75, 3.05) is 0 Å². The van der Waals surface area contributed by atoms with Crippen LogP contribution >= 0.6 is 0 Å². The van der Waals surface area contributed by atoms with E-state index in [0.717, 1.165) is 6.42 Å². The highest BCUT2D eigenvalue weighted by Gasteiger charge is 2.38. The largest absolute Gasteiger partial charge is 0.434 e. The molecule has 0 bridgehead atoms. The first-order valence-electron chi connectivity index (χ1n) is 8.05. The van der Waals surface area contributed by atoms with Gasteiger partial charge in [0.05, 0.1) is 0 Å². The molecule has 0 fully saturated rings. The smallest absolute Gasteiger partial charge is 0.340 e. The predicted octanol–water partition coefficient (Wildman–Crippen LogP) is 5.83. The summed E-state index contributed by atoms with van der Waals surface area (Å²) in [6.45, 7) is 18.0. The summed E-state index contributed by atoms with van der Waals surface area (Å²) in [6, 6.07) is 0. The molecule has 0 aromatic carbocycles. The van der Waals surface area contributed by atoms with E-state index in [2.05, 4.69) is 64.5 Å². The van der Waals surface area contributed by atoms with Gasteiger partial charge in [0, 0.05) is 0 Å². The molecule has 0 saturated heterocycles. The fourth-order valence-corrected chi connectivity index (χ4v) is 13.7. The first-order chi connectivity index (χ1) is 8.97.